The molecule has 0 fully saturated rings. The maximum Gasteiger partial charge on any atom is 0.365 e. The molecule has 8 rings (SSSR count). The average Bonchev–Trinajstić information content (AvgIpc) is 1.65. The standard InChI is InChI=1S/C10H16N4O.C10H15NO.C9H15N3O.C9H15N.2C7H12N4O.2C7H12N2/c1-7-8(2)14(5)10(15)12-9(7)11-6-13(3)4;1-6-7(2)9(4)11(5)10(12)8(6)3;1-6-7(2)12(5)9(13)10-8(6)11(3)4;1-6-7(2)9(4)10(5)8(6)3;1-5-8-6(10(2)3)9-7(12)11(5)4;1-5-6(10(2)3)8-7(12)11(4)9-5;1-5-6(2)9(4)7(3)8-5;1-5-6(2)8-9(4)7(5)3/h6H,1-5H3;1-5H3;1-5H3;1-5H3;2*1-4H3;2*1-4H3. The summed E-state index contributed by atoms with van der Waals surface area (Å²) in [6, 6.07) is 0. The van der Waals surface area contributed by atoms with E-state index in [1.807, 2.05) is 149 Å². The van der Waals surface area contributed by atoms with Crippen LogP contribution in [0.1, 0.15) is 113 Å². The molecule has 0 amide bonds. The van der Waals surface area contributed by atoms with Crippen molar-refractivity contribution in [3.05, 3.63) is 165 Å². The first-order valence-corrected chi connectivity index (χ1v) is 30.0. The molecule has 0 aliphatic heterocycles. The van der Waals surface area contributed by atoms with Crippen LogP contribution in [0, 0.1) is 138 Å². The summed E-state index contributed by atoms with van der Waals surface area (Å²) >= 11 is 0. The molecule has 0 saturated carbocycles. The molecular formula is C66H109N21O5. The smallest absolute Gasteiger partial charge is 0.365 e. The Morgan fingerprint density at radius 1 is 0.315 bits per heavy atom. The van der Waals surface area contributed by atoms with Crippen LogP contribution in [0.5, 0.6) is 0 Å². The highest BCUT2D eigenvalue weighted by atomic mass is 16.2. The Hall–Kier alpha value is -9.10. The number of pyridine rings is 1. The predicted octanol–water partition coefficient (Wildman–Crippen LogP) is 6.75. The number of nitrogens with zero attached hydrogens (tertiary/aromatic N) is 21. The SMILES string of the molecule is Cc1c(C)c(C)n(C)c(=O)c1C.Cc1c(C)c(C)n(C)c1C.Cc1c(N(C)C)nc(=O)n(C)c1C.Cc1c(N=CN(C)C)nc(=O)n(C)c1C.Cc1nc(C)n(C)c1C.Cc1nc(N(C)C)nc(=O)n1C.Cc1nn(C)c(=O)nc1N(C)C.Cc1nn(C)c(C)c1C. The summed E-state index contributed by atoms with van der Waals surface area (Å²) in [6.07, 6.45) is 1.63. The van der Waals surface area contributed by atoms with Crippen molar-refractivity contribution >= 4 is 29.7 Å². The number of hydrogen-bond donors (Lipinski definition) is 0. The fourth-order valence-corrected chi connectivity index (χ4v) is 8.50. The third-order valence-electron chi connectivity index (χ3n) is 16.9. The van der Waals surface area contributed by atoms with Crippen molar-refractivity contribution in [1.29, 1.82) is 0 Å². The zero-order valence-corrected chi connectivity index (χ0v) is 62.5. The highest BCUT2D eigenvalue weighted by Crippen LogP contribution is 2.19. The second-order valence-electron chi connectivity index (χ2n) is 23.8. The van der Waals surface area contributed by atoms with E-state index < -0.39 is 0 Å². The van der Waals surface area contributed by atoms with Crippen LogP contribution in [0.4, 0.5) is 23.4 Å². The largest absolute Gasteiger partial charge is 0.369 e. The minimum atomic E-state index is -0.329. The van der Waals surface area contributed by atoms with Crippen LogP contribution in [-0.4, -0.2) is 144 Å². The van der Waals surface area contributed by atoms with E-state index in [0.717, 1.165) is 68.1 Å². The van der Waals surface area contributed by atoms with Crippen LogP contribution in [0.2, 0.25) is 0 Å². The van der Waals surface area contributed by atoms with E-state index in [-0.39, 0.29) is 28.3 Å². The molecule has 0 aliphatic carbocycles. The first-order chi connectivity index (χ1) is 42.2. The first-order valence-electron chi connectivity index (χ1n) is 30.0. The molecule has 0 unspecified atom stereocenters. The van der Waals surface area contributed by atoms with Gasteiger partial charge in [-0.05, 0) is 166 Å². The first kappa shape index (κ1) is 80.9. The lowest BCUT2D eigenvalue weighted by atomic mass is 10.0. The molecule has 8 heterocycles. The van der Waals surface area contributed by atoms with Gasteiger partial charge in [0.2, 0.25) is 5.95 Å². The average molecular weight is 1280 g/mol. The molecule has 8 aromatic rings. The molecule has 92 heavy (non-hydrogen) atoms. The van der Waals surface area contributed by atoms with Gasteiger partial charge < -0.3 is 33.3 Å². The fourth-order valence-electron chi connectivity index (χ4n) is 8.50. The number of anilines is 3. The van der Waals surface area contributed by atoms with Crippen LogP contribution in [0.25, 0.3) is 0 Å². The van der Waals surface area contributed by atoms with Gasteiger partial charge in [-0.1, -0.05) is 0 Å². The highest BCUT2D eigenvalue weighted by Gasteiger charge is 2.12. The van der Waals surface area contributed by atoms with E-state index >= 15 is 0 Å². The lowest BCUT2D eigenvalue weighted by molar-refractivity contribution is 0.642. The summed E-state index contributed by atoms with van der Waals surface area (Å²) in [4.78, 5) is 91.6. The van der Waals surface area contributed by atoms with E-state index in [4.69, 9.17) is 0 Å². The van der Waals surface area contributed by atoms with Crippen molar-refractivity contribution < 1.29 is 0 Å². The Morgan fingerprint density at radius 3 is 1.09 bits per heavy atom. The Morgan fingerprint density at radius 2 is 0.728 bits per heavy atom. The molecule has 26 heteroatoms. The van der Waals surface area contributed by atoms with Gasteiger partial charge in [0.1, 0.15) is 23.2 Å². The van der Waals surface area contributed by atoms with Gasteiger partial charge in [-0.15, -0.1) is 0 Å². The molecule has 0 aromatic carbocycles. The monoisotopic (exact) mass is 1280 g/mol. The minimum Gasteiger partial charge on any atom is -0.369 e. The molecule has 26 nitrogen and oxygen atoms in total. The normalized spacial score (nSPS) is 10.3. The maximum absolute atomic E-state index is 11.5. The van der Waals surface area contributed by atoms with Gasteiger partial charge in [0.15, 0.2) is 11.6 Å². The van der Waals surface area contributed by atoms with Gasteiger partial charge in [-0.2, -0.15) is 35.1 Å². The summed E-state index contributed by atoms with van der Waals surface area (Å²) in [5.41, 5.74) is 19.6. The molecule has 8 aromatic heterocycles. The third-order valence-corrected chi connectivity index (χ3v) is 16.9. The summed E-state index contributed by atoms with van der Waals surface area (Å²) in [5, 5.41) is 8.22. The van der Waals surface area contributed by atoms with Gasteiger partial charge in [-0.25, -0.2) is 33.8 Å². The van der Waals surface area contributed by atoms with E-state index in [1.165, 1.54) is 58.8 Å². The number of imidazole rings is 1. The molecule has 0 spiro atoms. The lowest BCUT2D eigenvalue weighted by Gasteiger charge is -2.16. The van der Waals surface area contributed by atoms with Crippen molar-refractivity contribution in [3.63, 3.8) is 0 Å². The summed E-state index contributed by atoms with van der Waals surface area (Å²) in [7, 11) is 29.4. The van der Waals surface area contributed by atoms with Gasteiger partial charge in [0, 0.05) is 169 Å². The number of aliphatic imine (C=N–C) groups is 1. The predicted molar refractivity (Wildman–Crippen MR) is 377 cm³/mol. The molecule has 0 saturated heterocycles. The molecule has 508 valence electrons. The zero-order chi connectivity index (χ0) is 71.7. The van der Waals surface area contributed by atoms with Gasteiger partial charge in [0.05, 0.1) is 17.7 Å². The zero-order valence-electron chi connectivity index (χ0n) is 62.5. The van der Waals surface area contributed by atoms with Gasteiger partial charge in [-0.3, -0.25) is 23.2 Å². The molecule has 0 N–H and O–H groups in total. The molecule has 0 radical (unpaired) electrons. The van der Waals surface area contributed by atoms with Crippen molar-refractivity contribution in [2.75, 3.05) is 71.1 Å². The topological polar surface area (TPSA) is 253 Å². The highest BCUT2D eigenvalue weighted by molar-refractivity contribution is 5.60. The van der Waals surface area contributed by atoms with Crippen LogP contribution in [0.3, 0.4) is 0 Å². The summed E-state index contributed by atoms with van der Waals surface area (Å²) in [5.74, 6) is 4.07. The van der Waals surface area contributed by atoms with Crippen molar-refractivity contribution in [2.45, 2.75) is 138 Å². The Kier molecular flexibility index (Phi) is 30.7. The van der Waals surface area contributed by atoms with Crippen molar-refractivity contribution in [3.8, 4) is 0 Å². The maximum atomic E-state index is 11.5. The van der Waals surface area contributed by atoms with Crippen LogP contribution in [-0.2, 0) is 56.4 Å². The number of aromatic nitrogens is 16. The van der Waals surface area contributed by atoms with Crippen molar-refractivity contribution in [1.82, 2.24) is 81.8 Å². The number of aryl methyl sites for hydroxylation is 7. The Balaban J connectivity index is 0.000000528. The van der Waals surface area contributed by atoms with E-state index in [1.54, 1.807) is 79.4 Å². The van der Waals surface area contributed by atoms with Crippen molar-refractivity contribution in [2.24, 2.45) is 61.4 Å². The second kappa shape index (κ2) is 34.9. The number of rotatable bonds is 5. The van der Waals surface area contributed by atoms with Gasteiger partial charge >= 0.3 is 22.8 Å². The molecule has 0 atom stereocenters. The quantitative estimate of drug-likeness (QED) is 0.128. The van der Waals surface area contributed by atoms with Crippen LogP contribution < -0.4 is 43.0 Å². The van der Waals surface area contributed by atoms with E-state index in [2.05, 4.69) is 117 Å². The second-order valence-corrected chi connectivity index (χ2v) is 23.8. The van der Waals surface area contributed by atoms with Gasteiger partial charge in [0.25, 0.3) is 5.56 Å². The Bertz CT molecular complexity index is 3970. The third kappa shape index (κ3) is 21.2. The summed E-state index contributed by atoms with van der Waals surface area (Å²) in [6.45, 7) is 40.2. The van der Waals surface area contributed by atoms with Crippen LogP contribution >= 0.6 is 0 Å². The van der Waals surface area contributed by atoms with E-state index in [0.29, 0.717) is 23.4 Å². The number of hydrogen-bond acceptors (Lipinski definition) is 17. The molecule has 0 bridgehead atoms. The van der Waals surface area contributed by atoms with Crippen LogP contribution in [0.15, 0.2) is 29.0 Å². The lowest BCUT2D eigenvalue weighted by Crippen LogP contribution is -2.27. The minimum absolute atomic E-state index is 0.121. The molecule has 0 aliphatic rings. The summed E-state index contributed by atoms with van der Waals surface area (Å²) < 4.78 is 13.7. The Labute approximate surface area is 545 Å². The fraction of sp³-hybridized carbons (Fsp3) is 0.545. The molecular weight excluding hydrogens is 1170 g/mol. The van der Waals surface area contributed by atoms with E-state index in [9.17, 15) is 24.0 Å².